The third kappa shape index (κ3) is 5.21. The Morgan fingerprint density at radius 2 is 2.11 bits per heavy atom. The molecule has 1 aliphatic heterocycles. The smallest absolute Gasteiger partial charge is 0.275 e. The zero-order valence-corrected chi connectivity index (χ0v) is 17.0. The first kappa shape index (κ1) is 22.6. The van der Waals surface area contributed by atoms with Gasteiger partial charge >= 0.3 is 0 Å². The number of aliphatic hydroxyl groups is 1. The standard InChI is InChI=1S/C19H23Cl2F2N3O2/c1-13(21)3-4-15(5-9-20)26-16(6-10-24-26)14-7-11-25(12-8-14)18(27)19(2,28)17(22)23/h3-6,10,14,17,28H,1,7-9,11-12H2,2H3/b4-3-,15-5+/t19-/m0/s1. The summed E-state index contributed by atoms with van der Waals surface area (Å²) in [6.45, 7) is 5.02. The Balaban J connectivity index is 2.14. The zero-order valence-electron chi connectivity index (χ0n) is 15.5. The molecule has 2 heterocycles. The Morgan fingerprint density at radius 1 is 1.46 bits per heavy atom. The van der Waals surface area contributed by atoms with Crippen molar-refractivity contribution in [2.24, 2.45) is 0 Å². The molecule has 0 spiro atoms. The summed E-state index contributed by atoms with van der Waals surface area (Å²) in [7, 11) is 0. The van der Waals surface area contributed by atoms with Crippen LogP contribution in [0.1, 0.15) is 31.4 Å². The van der Waals surface area contributed by atoms with E-state index in [1.165, 1.54) is 4.90 Å². The minimum atomic E-state index is -3.13. The summed E-state index contributed by atoms with van der Waals surface area (Å²) in [5.74, 6) is -0.584. The molecule has 1 atom stereocenters. The van der Waals surface area contributed by atoms with Gasteiger partial charge in [-0.05, 0) is 44.1 Å². The van der Waals surface area contributed by atoms with Crippen molar-refractivity contribution in [1.29, 1.82) is 0 Å². The van der Waals surface area contributed by atoms with Crippen molar-refractivity contribution in [2.45, 2.75) is 37.7 Å². The van der Waals surface area contributed by atoms with Gasteiger partial charge in [0.1, 0.15) is 0 Å². The van der Waals surface area contributed by atoms with Gasteiger partial charge in [-0.3, -0.25) is 4.79 Å². The predicted octanol–water partition coefficient (Wildman–Crippen LogP) is 3.99. The van der Waals surface area contributed by atoms with Gasteiger partial charge in [0.25, 0.3) is 12.3 Å². The number of carbonyl (C=O) groups excluding carboxylic acids is 1. The number of carbonyl (C=O) groups is 1. The lowest BCUT2D eigenvalue weighted by molar-refractivity contribution is -0.166. The van der Waals surface area contributed by atoms with Gasteiger partial charge in [0.15, 0.2) is 0 Å². The van der Waals surface area contributed by atoms with Crippen molar-refractivity contribution in [3.63, 3.8) is 0 Å². The first-order valence-electron chi connectivity index (χ1n) is 8.81. The van der Waals surface area contributed by atoms with Crippen LogP contribution < -0.4 is 0 Å². The van der Waals surface area contributed by atoms with Gasteiger partial charge < -0.3 is 10.0 Å². The monoisotopic (exact) mass is 433 g/mol. The lowest BCUT2D eigenvalue weighted by atomic mass is 9.92. The number of hydrogen-bond donors (Lipinski definition) is 1. The second-order valence-electron chi connectivity index (χ2n) is 6.75. The van der Waals surface area contributed by atoms with Crippen molar-refractivity contribution in [1.82, 2.24) is 14.7 Å². The van der Waals surface area contributed by atoms with Crippen LogP contribution in [0.25, 0.3) is 5.70 Å². The number of rotatable bonds is 7. The number of halogens is 4. The molecule has 0 aliphatic carbocycles. The van der Waals surface area contributed by atoms with Gasteiger partial charge in [0.2, 0.25) is 5.60 Å². The zero-order chi connectivity index (χ0) is 20.9. The largest absolute Gasteiger partial charge is 0.375 e. The second-order valence-corrected chi connectivity index (χ2v) is 7.54. The lowest BCUT2D eigenvalue weighted by Gasteiger charge is -2.36. The number of aromatic nitrogens is 2. The van der Waals surface area contributed by atoms with E-state index >= 15 is 0 Å². The van der Waals surface area contributed by atoms with E-state index in [9.17, 15) is 18.7 Å². The highest BCUT2D eigenvalue weighted by Gasteiger charge is 2.44. The van der Waals surface area contributed by atoms with Gasteiger partial charge in [-0.15, -0.1) is 11.6 Å². The summed E-state index contributed by atoms with van der Waals surface area (Å²) >= 11 is 11.6. The molecule has 0 radical (unpaired) electrons. The Hall–Kier alpha value is -1.70. The topological polar surface area (TPSA) is 58.4 Å². The Labute approximate surface area is 172 Å². The molecule has 9 heteroatoms. The van der Waals surface area contributed by atoms with Crippen LogP contribution in [0, 0.1) is 0 Å². The number of piperidine rings is 1. The summed E-state index contributed by atoms with van der Waals surface area (Å²) in [4.78, 5) is 13.5. The summed E-state index contributed by atoms with van der Waals surface area (Å²) < 4.78 is 27.6. The highest BCUT2D eigenvalue weighted by Crippen LogP contribution is 2.31. The number of allylic oxidation sites excluding steroid dienone is 5. The van der Waals surface area contributed by atoms with Crippen molar-refractivity contribution >= 4 is 34.8 Å². The molecular formula is C19H23Cl2F2N3O2. The Kier molecular flexibility index (Phi) is 7.80. The van der Waals surface area contributed by atoms with E-state index in [0.717, 1.165) is 18.3 Å². The van der Waals surface area contributed by atoms with E-state index in [1.807, 2.05) is 6.07 Å². The first-order valence-corrected chi connectivity index (χ1v) is 9.72. The van der Waals surface area contributed by atoms with Crippen LogP contribution in [0.15, 0.2) is 42.1 Å². The van der Waals surface area contributed by atoms with Crippen LogP contribution in [-0.4, -0.2) is 56.7 Å². The van der Waals surface area contributed by atoms with Gasteiger partial charge in [-0.2, -0.15) is 5.10 Å². The van der Waals surface area contributed by atoms with E-state index in [-0.39, 0.29) is 24.9 Å². The molecule has 28 heavy (non-hydrogen) atoms. The average molecular weight is 434 g/mol. The van der Waals surface area contributed by atoms with E-state index in [0.29, 0.717) is 17.9 Å². The van der Waals surface area contributed by atoms with Gasteiger partial charge in [0.05, 0.1) is 5.70 Å². The quantitative estimate of drug-likeness (QED) is 0.522. The first-order chi connectivity index (χ1) is 13.2. The van der Waals surface area contributed by atoms with Crippen molar-refractivity contribution in [3.8, 4) is 0 Å². The molecular weight excluding hydrogens is 411 g/mol. The summed E-state index contributed by atoms with van der Waals surface area (Å²) in [6, 6.07) is 1.88. The maximum Gasteiger partial charge on any atom is 0.275 e. The van der Waals surface area contributed by atoms with Crippen LogP contribution in [0.4, 0.5) is 8.78 Å². The number of hydrogen-bond acceptors (Lipinski definition) is 3. The summed E-state index contributed by atoms with van der Waals surface area (Å²) in [6.07, 6.45) is 4.84. The molecule has 0 aromatic carbocycles. The molecule has 1 fully saturated rings. The fraction of sp³-hybridized carbons (Fsp3) is 0.474. The molecule has 0 bridgehead atoms. The highest BCUT2D eigenvalue weighted by atomic mass is 35.5. The Bertz CT molecular complexity index is 767. The van der Waals surface area contributed by atoms with E-state index < -0.39 is 17.9 Å². The highest BCUT2D eigenvalue weighted by molar-refractivity contribution is 6.30. The SMILES string of the molecule is C=C(Cl)/C=C\C(=C/CCl)n1nccc1C1CCN(C(=O)[C@@](C)(O)C(F)F)CC1. The van der Waals surface area contributed by atoms with Crippen LogP contribution in [0.2, 0.25) is 0 Å². The summed E-state index contributed by atoms with van der Waals surface area (Å²) in [5.41, 5.74) is -1.01. The van der Waals surface area contributed by atoms with E-state index in [2.05, 4.69) is 11.7 Å². The fourth-order valence-corrected chi connectivity index (χ4v) is 3.33. The van der Waals surface area contributed by atoms with Crippen molar-refractivity contribution in [3.05, 3.63) is 47.8 Å². The third-order valence-corrected chi connectivity index (χ3v) is 4.98. The molecule has 1 N–H and O–H groups in total. The minimum Gasteiger partial charge on any atom is -0.375 e. The van der Waals surface area contributed by atoms with Crippen LogP contribution in [-0.2, 0) is 4.79 Å². The van der Waals surface area contributed by atoms with Gasteiger partial charge in [-0.1, -0.05) is 18.2 Å². The van der Waals surface area contributed by atoms with Gasteiger partial charge in [0, 0.05) is 41.8 Å². The molecule has 2 rings (SSSR count). The number of amides is 1. The molecule has 5 nitrogen and oxygen atoms in total. The van der Waals surface area contributed by atoms with E-state index in [1.54, 1.807) is 29.1 Å². The van der Waals surface area contributed by atoms with Crippen LogP contribution >= 0.6 is 23.2 Å². The molecule has 1 saturated heterocycles. The molecule has 1 aromatic rings. The van der Waals surface area contributed by atoms with Crippen LogP contribution in [0.5, 0.6) is 0 Å². The summed E-state index contributed by atoms with van der Waals surface area (Å²) in [5, 5.41) is 14.5. The fourth-order valence-electron chi connectivity index (χ4n) is 3.11. The predicted molar refractivity (Wildman–Crippen MR) is 107 cm³/mol. The lowest BCUT2D eigenvalue weighted by Crippen LogP contribution is -2.53. The Morgan fingerprint density at radius 3 is 2.64 bits per heavy atom. The molecule has 0 saturated carbocycles. The average Bonchev–Trinajstić information content (AvgIpc) is 3.14. The second kappa shape index (κ2) is 9.67. The van der Waals surface area contributed by atoms with Crippen molar-refractivity contribution < 1.29 is 18.7 Å². The number of alkyl halides is 3. The normalized spacial score (nSPS) is 18.7. The maximum atomic E-state index is 12.9. The van der Waals surface area contributed by atoms with Gasteiger partial charge in [-0.25, -0.2) is 13.5 Å². The molecule has 1 aromatic heterocycles. The van der Waals surface area contributed by atoms with Crippen molar-refractivity contribution in [2.75, 3.05) is 19.0 Å². The number of likely N-dealkylation sites (tertiary alicyclic amines) is 1. The molecule has 154 valence electrons. The minimum absolute atomic E-state index is 0.0781. The molecule has 1 amide bonds. The number of nitrogens with zero attached hydrogens (tertiary/aromatic N) is 3. The van der Waals surface area contributed by atoms with E-state index in [4.69, 9.17) is 23.2 Å². The van der Waals surface area contributed by atoms with Crippen LogP contribution in [0.3, 0.4) is 0 Å². The molecule has 1 aliphatic rings. The third-order valence-electron chi connectivity index (χ3n) is 4.70. The molecule has 0 unspecified atom stereocenters. The maximum absolute atomic E-state index is 12.9.